The number of aryl methyl sites for hydroxylation is 1. The van der Waals surface area contributed by atoms with Gasteiger partial charge in [0.2, 0.25) is 0 Å². The van der Waals surface area contributed by atoms with Gasteiger partial charge in [-0.1, -0.05) is 6.92 Å². The normalized spacial score (nSPS) is 15.2. The second kappa shape index (κ2) is 5.88. The van der Waals surface area contributed by atoms with Crippen LogP contribution in [0.5, 0.6) is 0 Å². The highest BCUT2D eigenvalue weighted by Gasteiger charge is 2.18. The predicted molar refractivity (Wildman–Crippen MR) is 58.6 cm³/mol. The molecule has 2 unspecified atom stereocenters. The molecule has 4 nitrogen and oxygen atoms in total. The van der Waals surface area contributed by atoms with E-state index in [4.69, 9.17) is 4.74 Å². The molecule has 1 aromatic heterocycles. The van der Waals surface area contributed by atoms with Gasteiger partial charge in [-0.05, 0) is 19.4 Å². The number of aromatic nitrogens is 2. The van der Waals surface area contributed by atoms with E-state index < -0.39 is 6.10 Å². The highest BCUT2D eigenvalue weighted by molar-refractivity contribution is 5.01. The molecule has 4 heteroatoms. The van der Waals surface area contributed by atoms with Crippen molar-refractivity contribution >= 4 is 0 Å². The predicted octanol–water partition coefficient (Wildman–Crippen LogP) is 1.14. The van der Waals surface area contributed by atoms with E-state index in [1.165, 1.54) is 0 Å². The fourth-order valence-corrected chi connectivity index (χ4v) is 1.63. The van der Waals surface area contributed by atoms with Crippen molar-refractivity contribution in [3.05, 3.63) is 18.0 Å². The molecule has 15 heavy (non-hydrogen) atoms. The highest BCUT2D eigenvalue weighted by atomic mass is 16.5. The summed E-state index contributed by atoms with van der Waals surface area (Å²) < 4.78 is 7.19. The first-order chi connectivity index (χ1) is 7.17. The maximum atomic E-state index is 9.93. The lowest BCUT2D eigenvalue weighted by molar-refractivity contribution is -0.0338. The summed E-state index contributed by atoms with van der Waals surface area (Å²) in [5.74, 6) is 0. The zero-order chi connectivity index (χ0) is 11.3. The fourth-order valence-electron chi connectivity index (χ4n) is 1.63. The van der Waals surface area contributed by atoms with E-state index in [0.29, 0.717) is 13.0 Å². The minimum absolute atomic E-state index is 0.0861. The van der Waals surface area contributed by atoms with Crippen LogP contribution in [0, 0.1) is 0 Å². The monoisotopic (exact) mass is 212 g/mol. The van der Waals surface area contributed by atoms with E-state index in [1.807, 2.05) is 33.2 Å². The molecular formula is C11H20N2O2. The van der Waals surface area contributed by atoms with Gasteiger partial charge in [-0.2, -0.15) is 5.10 Å². The van der Waals surface area contributed by atoms with E-state index in [-0.39, 0.29) is 6.10 Å². The second-order valence-corrected chi connectivity index (χ2v) is 3.65. The van der Waals surface area contributed by atoms with Crippen molar-refractivity contribution in [1.29, 1.82) is 0 Å². The van der Waals surface area contributed by atoms with Crippen molar-refractivity contribution in [3.8, 4) is 0 Å². The van der Waals surface area contributed by atoms with Crippen molar-refractivity contribution < 1.29 is 9.84 Å². The molecule has 0 saturated heterocycles. The van der Waals surface area contributed by atoms with Crippen LogP contribution in [0.15, 0.2) is 12.3 Å². The van der Waals surface area contributed by atoms with Crippen molar-refractivity contribution in [3.63, 3.8) is 0 Å². The lowest BCUT2D eigenvalue weighted by Gasteiger charge is -2.20. The van der Waals surface area contributed by atoms with E-state index in [2.05, 4.69) is 5.10 Å². The average Bonchev–Trinajstić information content (AvgIpc) is 2.60. The Morgan fingerprint density at radius 3 is 2.73 bits per heavy atom. The van der Waals surface area contributed by atoms with Gasteiger partial charge in [-0.15, -0.1) is 0 Å². The van der Waals surface area contributed by atoms with Gasteiger partial charge in [0, 0.05) is 26.3 Å². The van der Waals surface area contributed by atoms with Crippen molar-refractivity contribution in [2.24, 2.45) is 7.05 Å². The van der Waals surface area contributed by atoms with Gasteiger partial charge in [-0.25, -0.2) is 0 Å². The van der Waals surface area contributed by atoms with Gasteiger partial charge in [-0.3, -0.25) is 4.68 Å². The number of nitrogens with zero attached hydrogens (tertiary/aromatic N) is 2. The largest absolute Gasteiger partial charge is 0.390 e. The summed E-state index contributed by atoms with van der Waals surface area (Å²) in [5.41, 5.74) is 0.906. The van der Waals surface area contributed by atoms with Crippen LogP contribution in [0.4, 0.5) is 0 Å². The third kappa shape index (κ3) is 3.64. The Labute approximate surface area is 90.9 Å². The minimum atomic E-state index is -0.468. The van der Waals surface area contributed by atoms with Crippen LogP contribution in [-0.4, -0.2) is 33.7 Å². The van der Waals surface area contributed by atoms with Crippen molar-refractivity contribution in [1.82, 2.24) is 9.78 Å². The Bertz CT molecular complexity index is 286. The molecule has 0 aromatic carbocycles. The average molecular weight is 212 g/mol. The number of hydrogen-bond donors (Lipinski definition) is 1. The summed E-state index contributed by atoms with van der Waals surface area (Å²) in [5, 5.41) is 14.2. The molecular weight excluding hydrogens is 192 g/mol. The number of rotatable bonds is 6. The van der Waals surface area contributed by atoms with Crippen LogP contribution in [0.1, 0.15) is 26.0 Å². The lowest BCUT2D eigenvalue weighted by Crippen LogP contribution is -2.30. The molecule has 0 aliphatic carbocycles. The van der Waals surface area contributed by atoms with Gasteiger partial charge in [0.25, 0.3) is 0 Å². The summed E-state index contributed by atoms with van der Waals surface area (Å²) >= 11 is 0. The molecule has 0 radical (unpaired) electrons. The van der Waals surface area contributed by atoms with E-state index >= 15 is 0 Å². The van der Waals surface area contributed by atoms with Crippen LogP contribution in [0.25, 0.3) is 0 Å². The topological polar surface area (TPSA) is 47.3 Å². The van der Waals surface area contributed by atoms with Gasteiger partial charge >= 0.3 is 0 Å². The molecule has 0 aliphatic heterocycles. The number of ether oxygens (including phenoxy) is 1. The third-order valence-electron chi connectivity index (χ3n) is 2.40. The molecule has 86 valence electrons. The molecule has 1 rings (SSSR count). The molecule has 1 heterocycles. The Kier molecular flexibility index (Phi) is 4.78. The van der Waals surface area contributed by atoms with Crippen LogP contribution in [0.3, 0.4) is 0 Å². The molecule has 1 N–H and O–H groups in total. The summed E-state index contributed by atoms with van der Waals surface area (Å²) in [7, 11) is 1.87. The van der Waals surface area contributed by atoms with Crippen LogP contribution in [-0.2, 0) is 18.2 Å². The van der Waals surface area contributed by atoms with E-state index in [1.54, 1.807) is 4.68 Å². The Morgan fingerprint density at radius 2 is 2.27 bits per heavy atom. The third-order valence-corrected chi connectivity index (χ3v) is 2.40. The zero-order valence-electron chi connectivity index (χ0n) is 9.68. The quantitative estimate of drug-likeness (QED) is 0.769. The first kappa shape index (κ1) is 12.2. The van der Waals surface area contributed by atoms with Crippen molar-refractivity contribution in [2.45, 2.75) is 38.9 Å². The minimum Gasteiger partial charge on any atom is -0.390 e. The van der Waals surface area contributed by atoms with E-state index in [0.717, 1.165) is 12.1 Å². The maximum Gasteiger partial charge on any atom is 0.0857 e. The van der Waals surface area contributed by atoms with Crippen molar-refractivity contribution in [2.75, 3.05) is 6.61 Å². The van der Waals surface area contributed by atoms with Crippen LogP contribution in [0.2, 0.25) is 0 Å². The molecule has 0 aliphatic rings. The molecule has 0 amide bonds. The Balaban J connectivity index is 2.49. The van der Waals surface area contributed by atoms with E-state index in [9.17, 15) is 5.11 Å². The standard InChI is InChI=1S/C11H20N2O2/c1-4-11(15-5-2)10(14)8-9-6-7-13(3)12-9/h6-7,10-11,14H,4-5,8H2,1-3H3. The Hall–Kier alpha value is -0.870. The highest BCUT2D eigenvalue weighted by Crippen LogP contribution is 2.09. The molecule has 2 atom stereocenters. The molecule has 1 aromatic rings. The first-order valence-electron chi connectivity index (χ1n) is 5.45. The first-order valence-corrected chi connectivity index (χ1v) is 5.45. The number of aliphatic hydroxyl groups excluding tert-OH is 1. The molecule has 0 spiro atoms. The number of hydrogen-bond acceptors (Lipinski definition) is 3. The number of aliphatic hydroxyl groups is 1. The smallest absolute Gasteiger partial charge is 0.0857 e. The lowest BCUT2D eigenvalue weighted by atomic mass is 10.1. The zero-order valence-corrected chi connectivity index (χ0v) is 9.68. The van der Waals surface area contributed by atoms with Crippen LogP contribution >= 0.6 is 0 Å². The second-order valence-electron chi connectivity index (χ2n) is 3.65. The molecule has 0 fully saturated rings. The Morgan fingerprint density at radius 1 is 1.53 bits per heavy atom. The van der Waals surface area contributed by atoms with Gasteiger partial charge in [0.1, 0.15) is 0 Å². The van der Waals surface area contributed by atoms with Crippen LogP contribution < -0.4 is 0 Å². The summed E-state index contributed by atoms with van der Waals surface area (Å²) in [6.07, 6.45) is 2.70. The molecule has 0 bridgehead atoms. The summed E-state index contributed by atoms with van der Waals surface area (Å²) in [6.45, 7) is 4.59. The van der Waals surface area contributed by atoms with Gasteiger partial charge < -0.3 is 9.84 Å². The van der Waals surface area contributed by atoms with Gasteiger partial charge in [0.15, 0.2) is 0 Å². The fraction of sp³-hybridized carbons (Fsp3) is 0.727. The van der Waals surface area contributed by atoms with Gasteiger partial charge in [0.05, 0.1) is 17.9 Å². The maximum absolute atomic E-state index is 9.93. The SMILES string of the molecule is CCOC(CC)C(O)Cc1ccn(C)n1. The molecule has 0 saturated carbocycles. The summed E-state index contributed by atoms with van der Waals surface area (Å²) in [6, 6.07) is 1.92. The summed E-state index contributed by atoms with van der Waals surface area (Å²) in [4.78, 5) is 0.